The van der Waals surface area contributed by atoms with Gasteiger partial charge in [-0.1, -0.05) is 12.1 Å². The molecule has 3 N–H and O–H groups in total. The largest absolute Gasteiger partial charge is 0.375 e. The lowest BCUT2D eigenvalue weighted by Crippen LogP contribution is -2.25. The fraction of sp³-hybridized carbons (Fsp3) is 0. The van der Waals surface area contributed by atoms with Gasteiger partial charge in [-0.25, -0.2) is 0 Å². The molecule has 0 bridgehead atoms. The van der Waals surface area contributed by atoms with Crippen LogP contribution in [0.15, 0.2) is 40.1 Å². The summed E-state index contributed by atoms with van der Waals surface area (Å²) in [7, 11) is 0. The standard InChI is InChI=1S/C10H9N3S3/c11-10(14)13-12-9(7-3-1-5-15-7)8-4-2-6-16-8/h1-6H,(H3,11,13,14). The number of hydrogen-bond acceptors (Lipinski definition) is 4. The zero-order valence-corrected chi connectivity index (χ0v) is 10.7. The number of rotatable bonds is 3. The van der Waals surface area contributed by atoms with Crippen molar-refractivity contribution in [2.45, 2.75) is 0 Å². The van der Waals surface area contributed by atoms with Crippen LogP contribution in [0, 0.1) is 0 Å². The maximum absolute atomic E-state index is 5.37. The van der Waals surface area contributed by atoms with Crippen LogP contribution in [0.1, 0.15) is 9.75 Å². The molecule has 16 heavy (non-hydrogen) atoms. The molecule has 0 unspecified atom stereocenters. The molecular formula is C10H9N3S3. The Bertz CT molecular complexity index is 449. The molecule has 2 aromatic heterocycles. The first-order chi connectivity index (χ1) is 7.77. The lowest BCUT2D eigenvalue weighted by atomic mass is 10.2. The zero-order chi connectivity index (χ0) is 11.4. The fourth-order valence-electron chi connectivity index (χ4n) is 1.17. The van der Waals surface area contributed by atoms with Gasteiger partial charge in [0.25, 0.3) is 0 Å². The summed E-state index contributed by atoms with van der Waals surface area (Å²) in [6.07, 6.45) is 0. The second-order valence-corrected chi connectivity index (χ2v) is 5.23. The maximum Gasteiger partial charge on any atom is 0.184 e. The number of thiophene rings is 2. The van der Waals surface area contributed by atoms with E-state index in [9.17, 15) is 0 Å². The summed E-state index contributed by atoms with van der Waals surface area (Å²) in [6, 6.07) is 8.02. The Morgan fingerprint density at radius 2 is 1.75 bits per heavy atom. The van der Waals surface area contributed by atoms with Gasteiger partial charge in [-0.15, -0.1) is 22.7 Å². The Hall–Kier alpha value is -1.24. The number of hydrogen-bond donors (Lipinski definition) is 2. The second kappa shape index (κ2) is 5.20. The highest BCUT2D eigenvalue weighted by Gasteiger charge is 2.09. The van der Waals surface area contributed by atoms with Gasteiger partial charge in [-0.3, -0.25) is 5.43 Å². The van der Waals surface area contributed by atoms with Crippen LogP contribution >= 0.6 is 34.9 Å². The predicted molar refractivity (Wildman–Crippen MR) is 74.2 cm³/mol. The van der Waals surface area contributed by atoms with Crippen molar-refractivity contribution in [3.05, 3.63) is 44.8 Å². The molecule has 0 atom stereocenters. The third kappa shape index (κ3) is 2.66. The van der Waals surface area contributed by atoms with E-state index in [1.807, 2.05) is 35.0 Å². The fourth-order valence-corrected chi connectivity index (χ4v) is 2.74. The minimum absolute atomic E-state index is 0.172. The van der Waals surface area contributed by atoms with Gasteiger partial charge in [0, 0.05) is 0 Å². The van der Waals surface area contributed by atoms with Gasteiger partial charge < -0.3 is 5.73 Å². The molecule has 0 aliphatic rings. The lowest BCUT2D eigenvalue weighted by Gasteiger charge is -2.02. The summed E-state index contributed by atoms with van der Waals surface area (Å²) in [5.74, 6) is 0. The quantitative estimate of drug-likeness (QED) is 0.510. The third-order valence-corrected chi connectivity index (χ3v) is 3.63. The van der Waals surface area contributed by atoms with Crippen molar-refractivity contribution in [3.63, 3.8) is 0 Å². The minimum Gasteiger partial charge on any atom is -0.375 e. The number of hydrazone groups is 1. The number of nitrogens with one attached hydrogen (secondary N) is 1. The van der Waals surface area contributed by atoms with Crippen LogP contribution in [0.5, 0.6) is 0 Å². The highest BCUT2D eigenvalue weighted by Crippen LogP contribution is 2.19. The Morgan fingerprint density at radius 3 is 2.12 bits per heavy atom. The molecule has 0 saturated heterocycles. The Labute approximate surface area is 107 Å². The Balaban J connectivity index is 2.34. The first kappa shape index (κ1) is 11.3. The van der Waals surface area contributed by atoms with Crippen LogP contribution in [0.4, 0.5) is 0 Å². The third-order valence-electron chi connectivity index (χ3n) is 1.79. The molecule has 0 saturated carbocycles. The number of nitrogens with zero attached hydrogens (tertiary/aromatic N) is 1. The first-order valence-corrected chi connectivity index (χ1v) is 6.65. The molecule has 0 spiro atoms. The molecule has 0 aliphatic heterocycles. The molecule has 0 radical (unpaired) electrons. The Kier molecular flexibility index (Phi) is 3.66. The molecule has 0 amide bonds. The molecule has 0 aromatic carbocycles. The summed E-state index contributed by atoms with van der Waals surface area (Å²) < 4.78 is 0. The SMILES string of the molecule is NC(=S)NN=C(c1cccs1)c1cccs1. The molecular weight excluding hydrogens is 258 g/mol. The highest BCUT2D eigenvalue weighted by atomic mass is 32.1. The summed E-state index contributed by atoms with van der Waals surface area (Å²) in [5.41, 5.74) is 8.87. The van der Waals surface area contributed by atoms with E-state index >= 15 is 0 Å². The summed E-state index contributed by atoms with van der Waals surface area (Å²) >= 11 is 8.00. The van der Waals surface area contributed by atoms with Gasteiger partial charge >= 0.3 is 0 Å². The molecule has 2 rings (SSSR count). The van der Waals surface area contributed by atoms with Crippen LogP contribution in [0.2, 0.25) is 0 Å². The highest BCUT2D eigenvalue weighted by molar-refractivity contribution is 7.80. The average Bonchev–Trinajstić information content (AvgIpc) is 2.88. The monoisotopic (exact) mass is 267 g/mol. The van der Waals surface area contributed by atoms with E-state index in [4.69, 9.17) is 18.0 Å². The van der Waals surface area contributed by atoms with Gasteiger partial charge in [0.15, 0.2) is 5.11 Å². The van der Waals surface area contributed by atoms with Crippen LogP contribution < -0.4 is 11.2 Å². The van der Waals surface area contributed by atoms with Gasteiger partial charge in [-0.05, 0) is 35.1 Å². The van der Waals surface area contributed by atoms with Crippen LogP contribution in [-0.2, 0) is 0 Å². The van der Waals surface area contributed by atoms with Crippen molar-refractivity contribution in [3.8, 4) is 0 Å². The summed E-state index contributed by atoms with van der Waals surface area (Å²) in [6.45, 7) is 0. The van der Waals surface area contributed by atoms with Crippen molar-refractivity contribution in [2.24, 2.45) is 10.8 Å². The van der Waals surface area contributed by atoms with Crippen LogP contribution in [-0.4, -0.2) is 10.8 Å². The van der Waals surface area contributed by atoms with Crippen molar-refractivity contribution < 1.29 is 0 Å². The first-order valence-electron chi connectivity index (χ1n) is 4.48. The van der Waals surface area contributed by atoms with E-state index in [2.05, 4.69) is 10.5 Å². The molecule has 0 aliphatic carbocycles. The van der Waals surface area contributed by atoms with E-state index in [1.54, 1.807) is 22.7 Å². The van der Waals surface area contributed by atoms with Gasteiger partial charge in [0.05, 0.1) is 9.75 Å². The number of nitrogens with two attached hydrogens (primary N) is 1. The molecule has 3 nitrogen and oxygen atoms in total. The van der Waals surface area contributed by atoms with E-state index in [1.165, 1.54) is 0 Å². The summed E-state index contributed by atoms with van der Waals surface area (Å²) in [5, 5.41) is 8.43. The molecule has 2 heterocycles. The smallest absolute Gasteiger partial charge is 0.184 e. The average molecular weight is 267 g/mol. The maximum atomic E-state index is 5.37. The number of thiocarbonyl (C=S) groups is 1. The van der Waals surface area contributed by atoms with E-state index in [0.717, 1.165) is 15.5 Å². The van der Waals surface area contributed by atoms with Gasteiger partial charge in [0.1, 0.15) is 5.71 Å². The van der Waals surface area contributed by atoms with E-state index in [0.29, 0.717) is 0 Å². The van der Waals surface area contributed by atoms with Crippen molar-refractivity contribution >= 4 is 45.7 Å². The van der Waals surface area contributed by atoms with Crippen molar-refractivity contribution in [1.29, 1.82) is 0 Å². The topological polar surface area (TPSA) is 50.4 Å². The Morgan fingerprint density at radius 1 is 1.19 bits per heavy atom. The van der Waals surface area contributed by atoms with E-state index < -0.39 is 0 Å². The minimum atomic E-state index is 0.172. The van der Waals surface area contributed by atoms with Crippen LogP contribution in [0.25, 0.3) is 0 Å². The van der Waals surface area contributed by atoms with Gasteiger partial charge in [-0.2, -0.15) is 5.10 Å². The van der Waals surface area contributed by atoms with Crippen LogP contribution in [0.3, 0.4) is 0 Å². The lowest BCUT2D eigenvalue weighted by molar-refractivity contribution is 1.03. The van der Waals surface area contributed by atoms with Gasteiger partial charge in [0.2, 0.25) is 0 Å². The molecule has 2 aromatic rings. The molecule has 6 heteroatoms. The van der Waals surface area contributed by atoms with Crippen molar-refractivity contribution in [1.82, 2.24) is 5.43 Å². The zero-order valence-electron chi connectivity index (χ0n) is 8.21. The second-order valence-electron chi connectivity index (χ2n) is 2.89. The normalized spacial score (nSPS) is 9.75. The van der Waals surface area contributed by atoms with Crippen molar-refractivity contribution in [2.75, 3.05) is 0 Å². The molecule has 0 fully saturated rings. The van der Waals surface area contributed by atoms with E-state index in [-0.39, 0.29) is 5.11 Å². The molecule has 82 valence electrons. The predicted octanol–water partition coefficient (Wildman–Crippen LogP) is 2.40. The summed E-state index contributed by atoms with van der Waals surface area (Å²) in [4.78, 5) is 2.18.